The molecule has 0 aliphatic carbocycles. The van der Waals surface area contributed by atoms with E-state index in [9.17, 15) is 4.91 Å². The fraction of sp³-hybridized carbons (Fsp3) is 0.600. The molecule has 0 amide bonds. The third-order valence-corrected chi connectivity index (χ3v) is 0.643. The summed E-state index contributed by atoms with van der Waals surface area (Å²) in [6, 6.07) is 0. The molecule has 0 N–H and O–H groups in total. The molecule has 0 heterocycles. The van der Waals surface area contributed by atoms with E-state index in [4.69, 9.17) is 0 Å². The van der Waals surface area contributed by atoms with E-state index in [0.29, 0.717) is 4.92 Å². The van der Waals surface area contributed by atoms with Gasteiger partial charge in [-0.2, -0.15) is 0 Å². The Bertz CT molecular complexity index is 98.6. The molecule has 0 radical (unpaired) electrons. The Labute approximate surface area is 48.5 Å². The molecule has 0 saturated carbocycles. The Hall–Kier alpha value is -0.860. The largest absolute Gasteiger partial charge is 0.277 e. The Kier molecular flexibility index (Phi) is 3.84. The maximum absolute atomic E-state index is 10.2. The van der Waals surface area contributed by atoms with Crippen molar-refractivity contribution in [3.63, 3.8) is 0 Å². The maximum atomic E-state index is 10.2. The van der Waals surface area contributed by atoms with Crippen LogP contribution in [0.5, 0.6) is 0 Å². The number of allylic oxidation sites excluding steroid dienone is 1. The van der Waals surface area contributed by atoms with Crippen molar-refractivity contribution in [3.05, 3.63) is 17.2 Å². The molecule has 0 saturated heterocycles. The lowest BCUT2D eigenvalue weighted by Crippen LogP contribution is -1.94. The average molecular weight is 116 g/mol. The molecule has 0 aliphatic rings. The highest BCUT2D eigenvalue weighted by Gasteiger charge is 1.94. The molecule has 0 rings (SSSR count). The molecule has 8 heavy (non-hydrogen) atoms. The van der Waals surface area contributed by atoms with Crippen molar-refractivity contribution in [2.75, 3.05) is 7.11 Å². The van der Waals surface area contributed by atoms with Crippen molar-refractivity contribution < 1.29 is 9.76 Å². The number of hydrogen-bond donors (Lipinski definition) is 0. The van der Waals surface area contributed by atoms with Crippen molar-refractivity contribution in [1.82, 2.24) is 0 Å². The van der Waals surface area contributed by atoms with Gasteiger partial charge in [0.25, 0.3) is 11.1 Å². The quantitative estimate of drug-likeness (QED) is 0.519. The molecule has 0 aromatic rings. The van der Waals surface area contributed by atoms with E-state index in [0.717, 1.165) is 6.42 Å². The number of nitrogens with zero attached hydrogens (tertiary/aromatic N) is 1. The molecule has 0 atom stereocenters. The Morgan fingerprint density at radius 3 is 2.75 bits per heavy atom. The summed E-state index contributed by atoms with van der Waals surface area (Å²) in [5.41, 5.74) is 0. The van der Waals surface area contributed by atoms with Gasteiger partial charge in [-0.1, -0.05) is 6.92 Å². The molecule has 46 valence electrons. The lowest BCUT2D eigenvalue weighted by atomic mass is 10.5. The first kappa shape index (κ1) is 7.14. The van der Waals surface area contributed by atoms with Crippen LogP contribution in [0.3, 0.4) is 0 Å². The number of rotatable bonds is 3. The van der Waals surface area contributed by atoms with Crippen molar-refractivity contribution >= 4 is 0 Å². The first-order valence-corrected chi connectivity index (χ1v) is 2.48. The van der Waals surface area contributed by atoms with Gasteiger partial charge in [-0.15, -0.1) is 0 Å². The van der Waals surface area contributed by atoms with Crippen LogP contribution in [0.15, 0.2) is 12.3 Å². The first-order chi connectivity index (χ1) is 3.81. The molecule has 0 aromatic carbocycles. The van der Waals surface area contributed by atoms with Crippen LogP contribution in [-0.2, 0) is 4.84 Å². The van der Waals surface area contributed by atoms with Crippen molar-refractivity contribution in [3.8, 4) is 0 Å². The summed E-state index contributed by atoms with van der Waals surface area (Å²) in [5.74, 6) is 0. The molecule has 0 aromatic heterocycles. The first-order valence-electron chi connectivity index (χ1n) is 2.48. The van der Waals surface area contributed by atoms with Gasteiger partial charge in [-0.05, 0) is 12.5 Å². The zero-order valence-electron chi connectivity index (χ0n) is 5.13. The SMILES string of the molecule is CC/C=C/[N+](=O)OC. The Balaban J connectivity index is 3.37. The molecule has 0 fully saturated rings. The third kappa shape index (κ3) is 3.33. The van der Waals surface area contributed by atoms with E-state index in [1.54, 1.807) is 6.08 Å². The molecular weight excluding hydrogens is 106 g/mol. The van der Waals surface area contributed by atoms with Gasteiger partial charge in [0.2, 0.25) is 0 Å². The zero-order valence-corrected chi connectivity index (χ0v) is 5.13. The van der Waals surface area contributed by atoms with Gasteiger partial charge in [0.15, 0.2) is 7.11 Å². The second kappa shape index (κ2) is 4.30. The van der Waals surface area contributed by atoms with Gasteiger partial charge in [0.05, 0.1) is 4.91 Å². The standard InChI is InChI=1S/C5H10NO2/c1-3-4-5-6(7)8-2/h4-5H,3H2,1-2H3/q+1/b5-4+. The second-order valence-corrected chi connectivity index (χ2v) is 1.26. The lowest BCUT2D eigenvalue weighted by molar-refractivity contribution is -0.748. The third-order valence-electron chi connectivity index (χ3n) is 0.643. The van der Waals surface area contributed by atoms with Gasteiger partial charge in [-0.25, -0.2) is 4.84 Å². The van der Waals surface area contributed by atoms with E-state index >= 15 is 0 Å². The summed E-state index contributed by atoms with van der Waals surface area (Å²) < 4.78 is 0. The summed E-state index contributed by atoms with van der Waals surface area (Å²) in [4.78, 5) is 14.8. The van der Waals surface area contributed by atoms with Gasteiger partial charge in [0.1, 0.15) is 0 Å². The van der Waals surface area contributed by atoms with Crippen molar-refractivity contribution in [2.24, 2.45) is 0 Å². The Morgan fingerprint density at radius 1 is 1.75 bits per heavy atom. The maximum Gasteiger partial charge on any atom is 0.277 e. The smallest absolute Gasteiger partial charge is 0.231 e. The van der Waals surface area contributed by atoms with E-state index in [2.05, 4.69) is 4.84 Å². The summed E-state index contributed by atoms with van der Waals surface area (Å²) in [6.07, 6.45) is 3.90. The van der Waals surface area contributed by atoms with Gasteiger partial charge >= 0.3 is 0 Å². The molecular formula is C5H10NO2+. The zero-order chi connectivity index (χ0) is 6.41. The molecule has 0 unspecified atom stereocenters. The topological polar surface area (TPSA) is 29.3 Å². The van der Waals surface area contributed by atoms with Crippen LogP contribution in [-0.4, -0.2) is 12.0 Å². The monoisotopic (exact) mass is 116 g/mol. The second-order valence-electron chi connectivity index (χ2n) is 1.26. The highest BCUT2D eigenvalue weighted by Crippen LogP contribution is 1.80. The normalized spacial score (nSPS) is 9.75. The highest BCUT2D eigenvalue weighted by atomic mass is 16.7. The highest BCUT2D eigenvalue weighted by molar-refractivity contribution is 4.67. The van der Waals surface area contributed by atoms with E-state index < -0.39 is 0 Å². The predicted octanol–water partition coefficient (Wildman–Crippen LogP) is 1.25. The lowest BCUT2D eigenvalue weighted by Gasteiger charge is -1.74. The van der Waals surface area contributed by atoms with Crippen LogP contribution in [0.4, 0.5) is 0 Å². The van der Waals surface area contributed by atoms with Crippen LogP contribution >= 0.6 is 0 Å². The molecule has 0 aliphatic heterocycles. The predicted molar refractivity (Wildman–Crippen MR) is 30.1 cm³/mol. The van der Waals surface area contributed by atoms with Gasteiger partial charge < -0.3 is 0 Å². The molecule has 3 nitrogen and oxygen atoms in total. The minimum Gasteiger partial charge on any atom is -0.231 e. The Morgan fingerprint density at radius 2 is 2.38 bits per heavy atom. The summed E-state index contributed by atoms with van der Waals surface area (Å²) >= 11 is 0. The minimum atomic E-state index is 0.406. The van der Waals surface area contributed by atoms with Crippen LogP contribution in [0.1, 0.15) is 13.3 Å². The minimum absolute atomic E-state index is 0.406. The van der Waals surface area contributed by atoms with Gasteiger partial charge in [-0.3, -0.25) is 0 Å². The summed E-state index contributed by atoms with van der Waals surface area (Å²) in [7, 11) is 1.33. The van der Waals surface area contributed by atoms with Crippen LogP contribution in [0.2, 0.25) is 0 Å². The summed E-state index contributed by atoms with van der Waals surface area (Å²) in [5, 5.41) is 0. The van der Waals surface area contributed by atoms with Crippen LogP contribution < -0.4 is 0 Å². The average Bonchev–Trinajstić information content (AvgIpc) is 1.83. The van der Waals surface area contributed by atoms with Crippen LogP contribution in [0, 0.1) is 4.91 Å². The van der Waals surface area contributed by atoms with Crippen molar-refractivity contribution in [1.29, 1.82) is 0 Å². The number of hydrogen-bond acceptors (Lipinski definition) is 2. The molecule has 0 bridgehead atoms. The van der Waals surface area contributed by atoms with Gasteiger partial charge in [0, 0.05) is 0 Å². The van der Waals surface area contributed by atoms with E-state index in [1.807, 2.05) is 6.92 Å². The van der Waals surface area contributed by atoms with Crippen LogP contribution in [0.25, 0.3) is 0 Å². The molecule has 3 heteroatoms. The fourth-order valence-corrected chi connectivity index (χ4v) is 0.252. The molecule has 0 spiro atoms. The summed E-state index contributed by atoms with van der Waals surface area (Å²) in [6.45, 7) is 1.94. The van der Waals surface area contributed by atoms with E-state index in [1.165, 1.54) is 13.3 Å². The van der Waals surface area contributed by atoms with E-state index in [-0.39, 0.29) is 0 Å². The fourth-order valence-electron chi connectivity index (χ4n) is 0.252. The van der Waals surface area contributed by atoms with Crippen molar-refractivity contribution in [2.45, 2.75) is 13.3 Å².